The van der Waals surface area contributed by atoms with Crippen molar-refractivity contribution >= 4 is 11.8 Å². The minimum Gasteiger partial charge on any atom is -0.459 e. The highest BCUT2D eigenvalue weighted by molar-refractivity contribution is 5.95. The predicted molar refractivity (Wildman–Crippen MR) is 92.5 cm³/mol. The minimum absolute atomic E-state index is 0.106. The molecular formula is C19H20F2N2O4. The smallest absolute Gasteiger partial charge is 0.387 e. The number of rotatable bonds is 6. The molecule has 1 heterocycles. The van der Waals surface area contributed by atoms with Crippen LogP contribution in [0.1, 0.15) is 47.5 Å². The molecule has 2 amide bonds. The van der Waals surface area contributed by atoms with Crippen LogP contribution in [-0.4, -0.2) is 24.5 Å². The number of hydrogen-bond acceptors (Lipinski definition) is 4. The first kappa shape index (κ1) is 18.9. The van der Waals surface area contributed by atoms with E-state index in [-0.39, 0.29) is 23.5 Å². The average Bonchev–Trinajstić information content (AvgIpc) is 3.16. The number of hydrogen-bond donors (Lipinski definition) is 2. The maximum Gasteiger partial charge on any atom is 0.387 e. The summed E-state index contributed by atoms with van der Waals surface area (Å²) in [5, 5.41) is 5.49. The van der Waals surface area contributed by atoms with E-state index in [9.17, 15) is 18.4 Å². The van der Waals surface area contributed by atoms with Crippen LogP contribution in [0.3, 0.4) is 0 Å². The number of carbonyl (C=O) groups is 2. The molecule has 0 aliphatic heterocycles. The topological polar surface area (TPSA) is 80.6 Å². The predicted octanol–water partition coefficient (Wildman–Crippen LogP) is 3.19. The molecule has 1 aliphatic rings. The summed E-state index contributed by atoms with van der Waals surface area (Å²) in [6, 6.07) is 6.85. The Morgan fingerprint density at radius 3 is 2.81 bits per heavy atom. The molecule has 6 nitrogen and oxygen atoms in total. The van der Waals surface area contributed by atoms with Gasteiger partial charge >= 0.3 is 6.61 Å². The number of alkyl halides is 2. The number of amides is 2. The number of halogens is 2. The van der Waals surface area contributed by atoms with Crippen molar-refractivity contribution in [3.8, 4) is 5.75 Å². The van der Waals surface area contributed by atoms with Crippen LogP contribution in [0.4, 0.5) is 8.78 Å². The van der Waals surface area contributed by atoms with Crippen LogP contribution in [0.15, 0.2) is 41.0 Å². The van der Waals surface area contributed by atoms with Crippen molar-refractivity contribution in [1.82, 2.24) is 10.6 Å². The third-order valence-corrected chi connectivity index (χ3v) is 4.46. The zero-order chi connectivity index (χ0) is 19.4. The van der Waals surface area contributed by atoms with Gasteiger partial charge in [-0.15, -0.1) is 0 Å². The molecule has 27 heavy (non-hydrogen) atoms. The maximum absolute atomic E-state index is 12.5. The van der Waals surface area contributed by atoms with Gasteiger partial charge in [0.2, 0.25) is 5.91 Å². The summed E-state index contributed by atoms with van der Waals surface area (Å²) < 4.78 is 34.2. The second kappa shape index (κ2) is 8.20. The fraction of sp³-hybridized carbons (Fsp3) is 0.368. The number of aryl methyl sites for hydroxylation is 1. The third-order valence-electron chi connectivity index (χ3n) is 4.46. The molecule has 144 valence electrons. The summed E-state index contributed by atoms with van der Waals surface area (Å²) >= 11 is 0. The lowest BCUT2D eigenvalue weighted by Gasteiger charge is -2.28. The first-order valence-corrected chi connectivity index (χ1v) is 8.66. The quantitative estimate of drug-likeness (QED) is 0.809. The summed E-state index contributed by atoms with van der Waals surface area (Å²) in [5.41, 5.74) is 1.75. The Hall–Kier alpha value is -2.90. The number of nitrogens with one attached hydrogen (secondary N) is 2. The average molecular weight is 378 g/mol. The first-order valence-electron chi connectivity index (χ1n) is 8.66. The second-order valence-corrected chi connectivity index (χ2v) is 6.36. The largest absolute Gasteiger partial charge is 0.459 e. The fourth-order valence-corrected chi connectivity index (χ4v) is 3.15. The summed E-state index contributed by atoms with van der Waals surface area (Å²) in [6.45, 7) is -1.29. The van der Waals surface area contributed by atoms with E-state index in [0.717, 1.165) is 30.4 Å². The van der Waals surface area contributed by atoms with E-state index in [0.29, 0.717) is 0 Å². The van der Waals surface area contributed by atoms with Gasteiger partial charge in [-0.05, 0) is 61.6 Å². The van der Waals surface area contributed by atoms with E-state index in [1.54, 1.807) is 25.1 Å². The highest BCUT2D eigenvalue weighted by Crippen LogP contribution is 2.32. The van der Waals surface area contributed by atoms with Gasteiger partial charge in [0.1, 0.15) is 11.8 Å². The van der Waals surface area contributed by atoms with Gasteiger partial charge in [0.05, 0.1) is 12.3 Å². The summed E-state index contributed by atoms with van der Waals surface area (Å²) in [7, 11) is 0. The molecule has 2 aromatic rings. The molecule has 0 spiro atoms. The van der Waals surface area contributed by atoms with Crippen LogP contribution in [0.5, 0.6) is 5.75 Å². The normalized spacial score (nSPS) is 17.1. The van der Waals surface area contributed by atoms with Gasteiger partial charge in [-0.1, -0.05) is 6.07 Å². The van der Waals surface area contributed by atoms with Gasteiger partial charge < -0.3 is 19.8 Å². The molecule has 0 saturated heterocycles. The molecular weight excluding hydrogens is 358 g/mol. The van der Waals surface area contributed by atoms with E-state index in [1.807, 2.05) is 0 Å². The Morgan fingerprint density at radius 1 is 1.30 bits per heavy atom. The van der Waals surface area contributed by atoms with Crippen LogP contribution in [-0.2, 0) is 11.2 Å². The van der Waals surface area contributed by atoms with Crippen molar-refractivity contribution in [2.24, 2.45) is 0 Å². The van der Waals surface area contributed by atoms with E-state index in [1.165, 1.54) is 18.4 Å². The van der Waals surface area contributed by atoms with Crippen LogP contribution < -0.4 is 15.4 Å². The highest BCUT2D eigenvalue weighted by Gasteiger charge is 2.25. The number of benzene rings is 1. The van der Waals surface area contributed by atoms with Gasteiger partial charge in [-0.25, -0.2) is 0 Å². The van der Waals surface area contributed by atoms with Crippen molar-refractivity contribution < 1.29 is 27.5 Å². The number of furan rings is 1. The van der Waals surface area contributed by atoms with E-state index >= 15 is 0 Å². The van der Waals surface area contributed by atoms with Crippen LogP contribution in [0.2, 0.25) is 0 Å². The molecule has 0 fully saturated rings. The molecule has 2 N–H and O–H groups in total. The molecule has 1 aromatic carbocycles. The second-order valence-electron chi connectivity index (χ2n) is 6.36. The van der Waals surface area contributed by atoms with Crippen LogP contribution >= 0.6 is 0 Å². The standard InChI is InChI=1S/C19H20F2N2O4/c1-11(22-18(25)16-6-3-9-26-16)17(24)23-15-5-2-4-12-10-13(27-19(20)21)7-8-14(12)15/h3,6-11,15,19H,2,4-5H2,1H3,(H,22,25)(H,23,24)/t11-,15+/m0/s1. The molecule has 2 atom stereocenters. The number of carbonyl (C=O) groups excluding carboxylic acids is 2. The Morgan fingerprint density at radius 2 is 2.11 bits per heavy atom. The van der Waals surface area contributed by atoms with Gasteiger partial charge in [-0.3, -0.25) is 9.59 Å². The van der Waals surface area contributed by atoms with Crippen molar-refractivity contribution in [3.63, 3.8) is 0 Å². The maximum atomic E-state index is 12.5. The Balaban J connectivity index is 1.64. The van der Waals surface area contributed by atoms with Gasteiger partial charge in [-0.2, -0.15) is 8.78 Å². The number of ether oxygens (including phenoxy) is 1. The Kier molecular flexibility index (Phi) is 5.73. The van der Waals surface area contributed by atoms with E-state index < -0.39 is 18.6 Å². The zero-order valence-electron chi connectivity index (χ0n) is 14.7. The van der Waals surface area contributed by atoms with Crippen LogP contribution in [0.25, 0.3) is 0 Å². The highest BCUT2D eigenvalue weighted by atomic mass is 19.3. The Bertz CT molecular complexity index is 808. The summed E-state index contributed by atoms with van der Waals surface area (Å²) in [4.78, 5) is 24.4. The molecule has 0 radical (unpaired) electrons. The van der Waals surface area contributed by atoms with Crippen LogP contribution in [0, 0.1) is 0 Å². The molecule has 0 unspecified atom stereocenters. The van der Waals surface area contributed by atoms with Gasteiger partial charge in [0.25, 0.3) is 5.91 Å². The molecule has 0 saturated carbocycles. The summed E-state index contributed by atoms with van der Waals surface area (Å²) in [6.07, 6.45) is 3.65. The van der Waals surface area contributed by atoms with E-state index in [2.05, 4.69) is 15.4 Å². The molecule has 8 heteroatoms. The van der Waals surface area contributed by atoms with Gasteiger partial charge in [0, 0.05) is 0 Å². The minimum atomic E-state index is -2.87. The lowest BCUT2D eigenvalue weighted by Crippen LogP contribution is -2.46. The molecule has 1 aliphatic carbocycles. The molecule has 3 rings (SSSR count). The lowest BCUT2D eigenvalue weighted by molar-refractivity contribution is -0.123. The first-order chi connectivity index (χ1) is 12.9. The number of fused-ring (bicyclic) bond motifs is 1. The van der Waals surface area contributed by atoms with Gasteiger partial charge in [0.15, 0.2) is 5.76 Å². The Labute approximate surface area is 154 Å². The van der Waals surface area contributed by atoms with Crippen molar-refractivity contribution in [1.29, 1.82) is 0 Å². The monoisotopic (exact) mass is 378 g/mol. The molecule has 0 bridgehead atoms. The van der Waals surface area contributed by atoms with Crippen molar-refractivity contribution in [3.05, 3.63) is 53.5 Å². The lowest BCUT2D eigenvalue weighted by atomic mass is 9.87. The molecule has 1 aromatic heterocycles. The van der Waals surface area contributed by atoms with E-state index in [4.69, 9.17) is 4.42 Å². The zero-order valence-corrected chi connectivity index (χ0v) is 14.7. The van der Waals surface area contributed by atoms with Crippen molar-refractivity contribution in [2.45, 2.75) is 44.9 Å². The third kappa shape index (κ3) is 4.64. The fourth-order valence-electron chi connectivity index (χ4n) is 3.15. The SMILES string of the molecule is C[C@H](NC(=O)c1ccco1)C(=O)N[C@@H]1CCCc2cc(OC(F)F)ccc21. The van der Waals surface area contributed by atoms with Crippen molar-refractivity contribution in [2.75, 3.05) is 0 Å². The summed E-state index contributed by atoms with van der Waals surface area (Å²) in [5.74, 6) is -0.569.